The SMILES string of the molecule is CCN(C)[S+]([O-])c1c(Cl)cc(Cl)cc1Cl. The molecule has 0 aliphatic heterocycles. The van der Waals surface area contributed by atoms with Gasteiger partial charge in [0, 0.05) is 18.6 Å². The molecule has 0 heterocycles. The molecule has 0 amide bonds. The maximum absolute atomic E-state index is 12.0. The minimum absolute atomic E-state index is 0.325. The van der Waals surface area contributed by atoms with Crippen LogP contribution in [0.15, 0.2) is 17.0 Å². The number of benzene rings is 1. The molecule has 0 aromatic heterocycles. The first-order valence-electron chi connectivity index (χ1n) is 4.25. The molecule has 0 aliphatic rings. The fourth-order valence-corrected chi connectivity index (χ4v) is 3.18. The van der Waals surface area contributed by atoms with Crippen LogP contribution in [0.1, 0.15) is 6.92 Å². The van der Waals surface area contributed by atoms with Crippen LogP contribution in [0.2, 0.25) is 15.1 Å². The summed E-state index contributed by atoms with van der Waals surface area (Å²) < 4.78 is 13.6. The summed E-state index contributed by atoms with van der Waals surface area (Å²) in [5.74, 6) is 0. The minimum atomic E-state index is -1.35. The molecule has 0 saturated carbocycles. The quantitative estimate of drug-likeness (QED) is 0.793. The first kappa shape index (κ1) is 13.4. The van der Waals surface area contributed by atoms with E-state index >= 15 is 0 Å². The van der Waals surface area contributed by atoms with Crippen LogP contribution in [-0.4, -0.2) is 22.5 Å². The number of rotatable bonds is 3. The van der Waals surface area contributed by atoms with Crippen molar-refractivity contribution < 1.29 is 4.55 Å². The van der Waals surface area contributed by atoms with Gasteiger partial charge in [0.15, 0.2) is 0 Å². The van der Waals surface area contributed by atoms with Crippen molar-refractivity contribution in [2.75, 3.05) is 13.6 Å². The molecular formula is C9H10Cl3NOS. The molecule has 0 radical (unpaired) electrons. The van der Waals surface area contributed by atoms with Gasteiger partial charge < -0.3 is 4.55 Å². The molecule has 0 saturated heterocycles. The Balaban J connectivity index is 3.13. The molecular weight excluding hydrogens is 277 g/mol. The van der Waals surface area contributed by atoms with Crippen molar-refractivity contribution in [2.45, 2.75) is 11.8 Å². The Bertz CT molecular complexity index is 338. The van der Waals surface area contributed by atoms with Gasteiger partial charge in [0.1, 0.15) is 10.0 Å². The number of hydrogen-bond acceptors (Lipinski definition) is 2. The van der Waals surface area contributed by atoms with Crippen LogP contribution in [-0.2, 0) is 11.4 Å². The van der Waals surface area contributed by atoms with Crippen LogP contribution >= 0.6 is 34.8 Å². The van der Waals surface area contributed by atoms with E-state index in [0.29, 0.717) is 26.5 Å². The van der Waals surface area contributed by atoms with E-state index < -0.39 is 11.4 Å². The highest BCUT2D eigenvalue weighted by atomic mass is 35.5. The molecule has 6 heteroatoms. The predicted octanol–water partition coefficient (Wildman–Crippen LogP) is 3.62. The summed E-state index contributed by atoms with van der Waals surface area (Å²) >= 11 is 16.3. The topological polar surface area (TPSA) is 26.3 Å². The fraction of sp³-hybridized carbons (Fsp3) is 0.333. The van der Waals surface area contributed by atoms with E-state index in [1.807, 2.05) is 6.92 Å². The summed E-state index contributed by atoms with van der Waals surface area (Å²) in [7, 11) is 1.73. The molecule has 1 unspecified atom stereocenters. The second-order valence-electron chi connectivity index (χ2n) is 2.89. The highest BCUT2D eigenvalue weighted by Crippen LogP contribution is 2.33. The van der Waals surface area contributed by atoms with Crippen molar-refractivity contribution in [3.8, 4) is 0 Å². The van der Waals surface area contributed by atoms with Crippen LogP contribution in [0.3, 0.4) is 0 Å². The third kappa shape index (κ3) is 3.16. The highest BCUT2D eigenvalue weighted by molar-refractivity contribution is 7.89. The van der Waals surface area contributed by atoms with Crippen molar-refractivity contribution in [1.82, 2.24) is 4.31 Å². The third-order valence-electron chi connectivity index (χ3n) is 1.87. The minimum Gasteiger partial charge on any atom is -0.593 e. The Kier molecular flexibility index (Phi) is 5.03. The van der Waals surface area contributed by atoms with E-state index in [-0.39, 0.29) is 0 Å². The zero-order chi connectivity index (χ0) is 11.6. The van der Waals surface area contributed by atoms with Gasteiger partial charge in [-0.25, -0.2) is 0 Å². The molecule has 0 fully saturated rings. The lowest BCUT2D eigenvalue weighted by Gasteiger charge is -2.19. The lowest BCUT2D eigenvalue weighted by molar-refractivity contribution is 0.486. The Hall–Kier alpha value is 0.360. The average Bonchev–Trinajstić information content (AvgIpc) is 2.14. The molecule has 2 nitrogen and oxygen atoms in total. The van der Waals surface area contributed by atoms with Gasteiger partial charge in [-0.2, -0.15) is 0 Å². The maximum atomic E-state index is 12.0. The zero-order valence-electron chi connectivity index (χ0n) is 8.26. The van der Waals surface area contributed by atoms with E-state index in [1.54, 1.807) is 11.4 Å². The van der Waals surface area contributed by atoms with E-state index in [9.17, 15) is 4.55 Å². The van der Waals surface area contributed by atoms with Crippen LogP contribution in [0.4, 0.5) is 0 Å². The van der Waals surface area contributed by atoms with E-state index in [4.69, 9.17) is 34.8 Å². The number of halogens is 3. The average molecular weight is 287 g/mol. The highest BCUT2D eigenvalue weighted by Gasteiger charge is 2.24. The summed E-state index contributed by atoms with van der Waals surface area (Å²) in [4.78, 5) is 0.409. The van der Waals surface area contributed by atoms with E-state index in [1.165, 1.54) is 12.1 Å². The lowest BCUT2D eigenvalue weighted by Crippen LogP contribution is -2.27. The number of hydrogen-bond donors (Lipinski definition) is 0. The van der Waals surface area contributed by atoms with Gasteiger partial charge in [0.05, 0.1) is 11.4 Å². The first-order valence-corrected chi connectivity index (χ1v) is 6.49. The smallest absolute Gasteiger partial charge is 0.211 e. The van der Waals surface area contributed by atoms with Crippen LogP contribution in [0, 0.1) is 0 Å². The van der Waals surface area contributed by atoms with Crippen molar-refractivity contribution in [3.63, 3.8) is 0 Å². The molecule has 1 rings (SSSR count). The monoisotopic (exact) mass is 285 g/mol. The molecule has 0 aliphatic carbocycles. The van der Waals surface area contributed by atoms with Gasteiger partial charge in [0.2, 0.25) is 4.90 Å². The summed E-state index contributed by atoms with van der Waals surface area (Å²) in [5, 5.41) is 1.09. The van der Waals surface area contributed by atoms with Gasteiger partial charge in [-0.3, -0.25) is 0 Å². The van der Waals surface area contributed by atoms with Crippen LogP contribution < -0.4 is 0 Å². The second-order valence-corrected chi connectivity index (χ2v) is 5.67. The van der Waals surface area contributed by atoms with Gasteiger partial charge in [0.25, 0.3) is 0 Å². The Morgan fingerprint density at radius 2 is 1.73 bits per heavy atom. The lowest BCUT2D eigenvalue weighted by atomic mass is 10.4. The normalized spacial score (nSPS) is 13.3. The van der Waals surface area contributed by atoms with Crippen molar-refractivity contribution in [2.24, 2.45) is 0 Å². The Morgan fingerprint density at radius 3 is 2.13 bits per heavy atom. The van der Waals surface area contributed by atoms with Crippen molar-refractivity contribution in [1.29, 1.82) is 0 Å². The van der Waals surface area contributed by atoms with Gasteiger partial charge >= 0.3 is 0 Å². The zero-order valence-corrected chi connectivity index (χ0v) is 11.3. The van der Waals surface area contributed by atoms with Crippen molar-refractivity contribution in [3.05, 3.63) is 27.2 Å². The molecule has 0 bridgehead atoms. The summed E-state index contributed by atoms with van der Waals surface area (Å²) in [6.07, 6.45) is 0. The molecule has 1 aromatic carbocycles. The number of nitrogens with zero attached hydrogens (tertiary/aromatic N) is 1. The summed E-state index contributed by atoms with van der Waals surface area (Å²) in [6.45, 7) is 2.54. The molecule has 1 aromatic rings. The van der Waals surface area contributed by atoms with Crippen LogP contribution in [0.5, 0.6) is 0 Å². The molecule has 84 valence electrons. The Labute approximate surface area is 107 Å². The molecule has 15 heavy (non-hydrogen) atoms. The van der Waals surface area contributed by atoms with Gasteiger partial charge in [-0.15, -0.1) is 4.31 Å². The van der Waals surface area contributed by atoms with Crippen LogP contribution in [0.25, 0.3) is 0 Å². The van der Waals surface area contributed by atoms with Gasteiger partial charge in [-0.1, -0.05) is 34.8 Å². The van der Waals surface area contributed by atoms with E-state index in [2.05, 4.69) is 0 Å². The standard InChI is InChI=1S/C9H10Cl3NOS/c1-3-13(2)15(14)9-7(11)4-6(10)5-8(9)12/h4-5H,3H2,1-2H3. The fourth-order valence-electron chi connectivity index (χ4n) is 0.969. The first-order chi connectivity index (χ1) is 6.97. The summed E-state index contributed by atoms with van der Waals surface area (Å²) in [6, 6.07) is 3.07. The predicted molar refractivity (Wildman–Crippen MR) is 66.2 cm³/mol. The van der Waals surface area contributed by atoms with Gasteiger partial charge in [-0.05, 0) is 19.1 Å². The molecule has 0 N–H and O–H groups in total. The third-order valence-corrected chi connectivity index (χ3v) is 4.52. The largest absolute Gasteiger partial charge is 0.593 e. The molecule has 0 spiro atoms. The van der Waals surface area contributed by atoms with E-state index in [0.717, 1.165) is 0 Å². The van der Waals surface area contributed by atoms with Crippen molar-refractivity contribution >= 4 is 46.2 Å². The Morgan fingerprint density at radius 1 is 1.27 bits per heavy atom. The summed E-state index contributed by atoms with van der Waals surface area (Å²) in [5.41, 5.74) is 0. The maximum Gasteiger partial charge on any atom is 0.211 e. The molecule has 1 atom stereocenters. The second kappa shape index (κ2) is 5.62.